The highest BCUT2D eigenvalue weighted by Gasteiger charge is 2.15. The van der Waals surface area contributed by atoms with Gasteiger partial charge in [0.05, 0.1) is 5.69 Å². The number of aromatic nitrogens is 4. The number of aryl methyl sites for hydroxylation is 2. The summed E-state index contributed by atoms with van der Waals surface area (Å²) in [6, 6.07) is 9.46. The topological polar surface area (TPSA) is 99.3 Å². The third-order valence-electron chi connectivity index (χ3n) is 4.19. The SMILES string of the molecule is Cc1ccc(-c2ccn3c(-c4ocnc4C)nnc3c2)cc1C(N)=O. The molecule has 4 aromatic rings. The quantitative estimate of drug-likeness (QED) is 0.621. The van der Waals surface area contributed by atoms with E-state index < -0.39 is 5.91 Å². The zero-order valence-electron chi connectivity index (χ0n) is 13.7. The van der Waals surface area contributed by atoms with Gasteiger partial charge in [0.25, 0.3) is 0 Å². The monoisotopic (exact) mass is 333 g/mol. The van der Waals surface area contributed by atoms with E-state index >= 15 is 0 Å². The highest BCUT2D eigenvalue weighted by molar-refractivity contribution is 5.95. The van der Waals surface area contributed by atoms with E-state index in [1.807, 2.05) is 48.7 Å². The average Bonchev–Trinajstić information content (AvgIpc) is 3.20. The first kappa shape index (κ1) is 15.1. The van der Waals surface area contributed by atoms with Gasteiger partial charge in [0, 0.05) is 11.8 Å². The van der Waals surface area contributed by atoms with Crippen molar-refractivity contribution >= 4 is 11.6 Å². The fourth-order valence-electron chi connectivity index (χ4n) is 2.81. The van der Waals surface area contributed by atoms with E-state index in [4.69, 9.17) is 10.2 Å². The van der Waals surface area contributed by atoms with E-state index in [0.717, 1.165) is 22.4 Å². The summed E-state index contributed by atoms with van der Waals surface area (Å²) in [7, 11) is 0. The van der Waals surface area contributed by atoms with Gasteiger partial charge in [-0.2, -0.15) is 0 Å². The summed E-state index contributed by atoms with van der Waals surface area (Å²) >= 11 is 0. The highest BCUT2D eigenvalue weighted by atomic mass is 16.3. The van der Waals surface area contributed by atoms with Crippen LogP contribution < -0.4 is 5.73 Å². The van der Waals surface area contributed by atoms with Crippen molar-refractivity contribution in [2.75, 3.05) is 0 Å². The summed E-state index contributed by atoms with van der Waals surface area (Å²) < 4.78 is 7.23. The Labute approximate surface area is 143 Å². The average molecular weight is 333 g/mol. The number of hydrogen-bond acceptors (Lipinski definition) is 5. The predicted octanol–water partition coefficient (Wildman–Crippen LogP) is 2.77. The number of fused-ring (bicyclic) bond motifs is 1. The fourth-order valence-corrected chi connectivity index (χ4v) is 2.81. The molecular weight excluding hydrogens is 318 g/mol. The summed E-state index contributed by atoms with van der Waals surface area (Å²) in [6.45, 7) is 3.71. The largest absolute Gasteiger partial charge is 0.440 e. The molecule has 7 nitrogen and oxygen atoms in total. The lowest BCUT2D eigenvalue weighted by Crippen LogP contribution is -2.12. The first-order valence-corrected chi connectivity index (χ1v) is 7.70. The lowest BCUT2D eigenvalue weighted by Gasteiger charge is -2.07. The standard InChI is InChI=1S/C18H15N5O2/c1-10-3-4-12(7-14(10)17(19)24)13-5-6-23-15(8-13)21-22-18(23)16-11(2)20-9-25-16/h3-9H,1-2H3,(H2,19,24). The molecule has 0 aliphatic heterocycles. The van der Waals surface area contributed by atoms with Gasteiger partial charge in [0.15, 0.2) is 17.8 Å². The van der Waals surface area contributed by atoms with Crippen molar-refractivity contribution in [3.63, 3.8) is 0 Å². The molecule has 0 spiro atoms. The molecule has 0 saturated heterocycles. The zero-order valence-corrected chi connectivity index (χ0v) is 13.7. The molecule has 0 atom stereocenters. The van der Waals surface area contributed by atoms with Gasteiger partial charge in [-0.05, 0) is 48.7 Å². The fraction of sp³-hybridized carbons (Fsp3) is 0.111. The third-order valence-corrected chi connectivity index (χ3v) is 4.19. The van der Waals surface area contributed by atoms with Crippen molar-refractivity contribution in [2.45, 2.75) is 13.8 Å². The number of benzene rings is 1. The van der Waals surface area contributed by atoms with Crippen LogP contribution in [0.4, 0.5) is 0 Å². The van der Waals surface area contributed by atoms with Gasteiger partial charge >= 0.3 is 0 Å². The molecule has 0 aliphatic rings. The Bertz CT molecular complexity index is 1110. The van der Waals surface area contributed by atoms with E-state index in [1.54, 1.807) is 6.07 Å². The van der Waals surface area contributed by atoms with Crippen molar-refractivity contribution in [3.8, 4) is 22.7 Å². The molecule has 0 unspecified atom stereocenters. The van der Waals surface area contributed by atoms with E-state index in [2.05, 4.69) is 15.2 Å². The molecule has 1 amide bonds. The maximum absolute atomic E-state index is 11.6. The van der Waals surface area contributed by atoms with E-state index in [-0.39, 0.29) is 0 Å². The highest BCUT2D eigenvalue weighted by Crippen LogP contribution is 2.26. The second-order valence-corrected chi connectivity index (χ2v) is 5.83. The zero-order chi connectivity index (χ0) is 17.6. The van der Waals surface area contributed by atoms with E-state index in [0.29, 0.717) is 22.8 Å². The van der Waals surface area contributed by atoms with Crippen LogP contribution in [-0.4, -0.2) is 25.5 Å². The minimum absolute atomic E-state index is 0.439. The second kappa shape index (κ2) is 5.55. The summed E-state index contributed by atoms with van der Waals surface area (Å²) in [5.41, 5.74) is 10.0. The minimum Gasteiger partial charge on any atom is -0.440 e. The van der Waals surface area contributed by atoms with Gasteiger partial charge < -0.3 is 10.2 Å². The van der Waals surface area contributed by atoms with Gasteiger partial charge in [-0.1, -0.05) is 12.1 Å². The minimum atomic E-state index is -0.439. The van der Waals surface area contributed by atoms with Gasteiger partial charge in [-0.25, -0.2) is 4.98 Å². The normalized spacial score (nSPS) is 11.1. The molecule has 2 N–H and O–H groups in total. The Morgan fingerprint density at radius 1 is 1.12 bits per heavy atom. The molecular formula is C18H15N5O2. The van der Waals surface area contributed by atoms with Crippen molar-refractivity contribution < 1.29 is 9.21 Å². The van der Waals surface area contributed by atoms with Crippen molar-refractivity contribution in [1.82, 2.24) is 19.6 Å². The molecule has 3 aromatic heterocycles. The molecule has 0 fully saturated rings. The molecule has 0 bridgehead atoms. The van der Waals surface area contributed by atoms with Crippen LogP contribution in [0.15, 0.2) is 47.3 Å². The number of hydrogen-bond donors (Lipinski definition) is 1. The van der Waals surface area contributed by atoms with Crippen LogP contribution in [0, 0.1) is 13.8 Å². The summed E-state index contributed by atoms with van der Waals surface area (Å²) in [6.07, 6.45) is 3.25. The molecule has 4 rings (SSSR count). The summed E-state index contributed by atoms with van der Waals surface area (Å²) in [5, 5.41) is 8.41. The molecule has 0 aliphatic carbocycles. The predicted molar refractivity (Wildman–Crippen MR) is 91.9 cm³/mol. The number of nitrogens with two attached hydrogens (primary N) is 1. The Hall–Kier alpha value is -3.48. The van der Waals surface area contributed by atoms with Crippen LogP contribution in [0.5, 0.6) is 0 Å². The lowest BCUT2D eigenvalue weighted by molar-refractivity contribution is 0.0999. The van der Waals surface area contributed by atoms with Crippen LogP contribution in [0.2, 0.25) is 0 Å². The Kier molecular flexibility index (Phi) is 3.35. The van der Waals surface area contributed by atoms with Crippen molar-refractivity contribution in [1.29, 1.82) is 0 Å². The lowest BCUT2D eigenvalue weighted by atomic mass is 10.00. The number of primary amides is 1. The molecule has 1 aromatic carbocycles. The molecule has 0 radical (unpaired) electrons. The van der Waals surface area contributed by atoms with Crippen molar-refractivity contribution in [2.24, 2.45) is 5.73 Å². The molecule has 25 heavy (non-hydrogen) atoms. The van der Waals surface area contributed by atoms with Crippen LogP contribution in [0.1, 0.15) is 21.6 Å². The number of rotatable bonds is 3. The Morgan fingerprint density at radius 3 is 2.64 bits per heavy atom. The first-order chi connectivity index (χ1) is 12.0. The Balaban J connectivity index is 1.82. The molecule has 3 heterocycles. The van der Waals surface area contributed by atoms with Crippen LogP contribution >= 0.6 is 0 Å². The number of amides is 1. The van der Waals surface area contributed by atoms with Gasteiger partial charge in [-0.3, -0.25) is 9.20 Å². The van der Waals surface area contributed by atoms with E-state index in [1.165, 1.54) is 6.39 Å². The number of pyridine rings is 1. The molecule has 0 saturated carbocycles. The Morgan fingerprint density at radius 2 is 1.92 bits per heavy atom. The van der Waals surface area contributed by atoms with Gasteiger partial charge in [0.2, 0.25) is 11.7 Å². The van der Waals surface area contributed by atoms with Gasteiger partial charge in [-0.15, -0.1) is 10.2 Å². The van der Waals surface area contributed by atoms with Crippen LogP contribution in [0.3, 0.4) is 0 Å². The molecule has 7 heteroatoms. The summed E-state index contributed by atoms with van der Waals surface area (Å²) in [4.78, 5) is 15.7. The van der Waals surface area contributed by atoms with Crippen molar-refractivity contribution in [3.05, 3.63) is 59.7 Å². The second-order valence-electron chi connectivity index (χ2n) is 5.83. The number of nitrogens with zero attached hydrogens (tertiary/aromatic N) is 4. The number of oxazole rings is 1. The number of carbonyl (C=O) groups excluding carboxylic acids is 1. The smallest absolute Gasteiger partial charge is 0.248 e. The van der Waals surface area contributed by atoms with Crippen LogP contribution in [0.25, 0.3) is 28.4 Å². The third kappa shape index (κ3) is 2.46. The number of carbonyl (C=O) groups is 1. The maximum atomic E-state index is 11.6. The molecule has 124 valence electrons. The summed E-state index contributed by atoms with van der Waals surface area (Å²) in [5.74, 6) is 0.746. The maximum Gasteiger partial charge on any atom is 0.248 e. The van der Waals surface area contributed by atoms with Crippen LogP contribution in [-0.2, 0) is 0 Å². The first-order valence-electron chi connectivity index (χ1n) is 7.70. The van der Waals surface area contributed by atoms with E-state index in [9.17, 15) is 4.79 Å². The van der Waals surface area contributed by atoms with Gasteiger partial charge in [0.1, 0.15) is 0 Å².